The highest BCUT2D eigenvalue weighted by Gasteiger charge is 2.23. The summed E-state index contributed by atoms with van der Waals surface area (Å²) in [4.78, 5) is 25.1. The molecular formula is C17H19FN4O2. The average Bonchev–Trinajstić information content (AvgIpc) is 2.62. The summed E-state index contributed by atoms with van der Waals surface area (Å²) in [5.74, 6) is 0.580. The monoisotopic (exact) mass is 330 g/mol. The predicted molar refractivity (Wildman–Crippen MR) is 88.5 cm³/mol. The summed E-state index contributed by atoms with van der Waals surface area (Å²) in [6.07, 6.45) is 1.54. The summed E-state index contributed by atoms with van der Waals surface area (Å²) in [6, 6.07) is 5.96. The molecule has 126 valence electrons. The topological polar surface area (TPSA) is 58.6 Å². The molecule has 1 aliphatic heterocycles. The van der Waals surface area contributed by atoms with Gasteiger partial charge >= 0.3 is 0 Å². The fraction of sp³-hybridized carbons (Fsp3) is 0.353. The Bertz CT molecular complexity index is 728. The van der Waals surface area contributed by atoms with Crippen LogP contribution in [0.2, 0.25) is 0 Å². The van der Waals surface area contributed by atoms with Crippen LogP contribution in [0.4, 0.5) is 10.2 Å². The van der Waals surface area contributed by atoms with Crippen LogP contribution in [-0.2, 0) is 4.74 Å². The Morgan fingerprint density at radius 3 is 2.50 bits per heavy atom. The number of benzene rings is 1. The molecule has 1 aromatic carbocycles. The molecule has 3 rings (SSSR count). The van der Waals surface area contributed by atoms with Crippen molar-refractivity contribution in [3.8, 4) is 11.4 Å². The maximum Gasteiger partial charge on any atom is 0.259 e. The Balaban J connectivity index is 1.95. The predicted octanol–water partition coefficient (Wildman–Crippen LogP) is 1.82. The van der Waals surface area contributed by atoms with Gasteiger partial charge in [0.1, 0.15) is 17.2 Å². The number of ether oxygens (including phenoxy) is 1. The SMILES string of the molecule is CN(C)c1nc(-c2ccc(F)cc2)ncc1C(=O)N1CCOCC1. The zero-order valence-electron chi connectivity index (χ0n) is 13.7. The minimum Gasteiger partial charge on any atom is -0.378 e. The van der Waals surface area contributed by atoms with Gasteiger partial charge in [0.2, 0.25) is 0 Å². The lowest BCUT2D eigenvalue weighted by Crippen LogP contribution is -2.41. The van der Waals surface area contributed by atoms with Gasteiger partial charge in [0.05, 0.1) is 13.2 Å². The van der Waals surface area contributed by atoms with Gasteiger partial charge in [0.25, 0.3) is 5.91 Å². The van der Waals surface area contributed by atoms with E-state index >= 15 is 0 Å². The highest BCUT2D eigenvalue weighted by atomic mass is 19.1. The Labute approximate surface area is 139 Å². The summed E-state index contributed by atoms with van der Waals surface area (Å²) in [5.41, 5.74) is 1.15. The zero-order chi connectivity index (χ0) is 17.1. The number of rotatable bonds is 3. The van der Waals surface area contributed by atoms with Gasteiger partial charge < -0.3 is 14.5 Å². The minimum absolute atomic E-state index is 0.104. The molecular weight excluding hydrogens is 311 g/mol. The standard InChI is InChI=1S/C17H19FN4O2/c1-21(2)16-14(17(23)22-7-9-24-10-8-22)11-19-15(20-16)12-3-5-13(18)6-4-12/h3-6,11H,7-10H2,1-2H3. The number of carbonyl (C=O) groups is 1. The number of hydrogen-bond donors (Lipinski definition) is 0. The molecule has 24 heavy (non-hydrogen) atoms. The van der Waals surface area contributed by atoms with Crippen LogP contribution in [-0.4, -0.2) is 61.2 Å². The van der Waals surface area contributed by atoms with E-state index < -0.39 is 0 Å². The van der Waals surface area contributed by atoms with Crippen LogP contribution in [0.15, 0.2) is 30.5 Å². The van der Waals surface area contributed by atoms with Crippen molar-refractivity contribution in [1.82, 2.24) is 14.9 Å². The third-order valence-corrected chi connectivity index (χ3v) is 3.82. The summed E-state index contributed by atoms with van der Waals surface area (Å²) < 4.78 is 18.4. The number of nitrogens with zero attached hydrogens (tertiary/aromatic N) is 4. The van der Waals surface area contributed by atoms with Crippen LogP contribution in [0.5, 0.6) is 0 Å². The molecule has 0 N–H and O–H groups in total. The summed E-state index contributed by atoms with van der Waals surface area (Å²) >= 11 is 0. The van der Waals surface area contributed by atoms with Crippen molar-refractivity contribution >= 4 is 11.7 Å². The fourth-order valence-electron chi connectivity index (χ4n) is 2.54. The molecule has 0 unspecified atom stereocenters. The van der Waals surface area contributed by atoms with E-state index in [0.717, 1.165) is 0 Å². The number of anilines is 1. The second kappa shape index (κ2) is 6.92. The summed E-state index contributed by atoms with van der Waals surface area (Å²) in [5, 5.41) is 0. The van der Waals surface area contributed by atoms with Gasteiger partial charge in [-0.1, -0.05) is 0 Å². The van der Waals surface area contributed by atoms with E-state index in [1.165, 1.54) is 12.1 Å². The van der Waals surface area contributed by atoms with E-state index in [-0.39, 0.29) is 11.7 Å². The number of aromatic nitrogens is 2. The van der Waals surface area contributed by atoms with Crippen molar-refractivity contribution < 1.29 is 13.9 Å². The smallest absolute Gasteiger partial charge is 0.259 e. The van der Waals surface area contributed by atoms with Crippen molar-refractivity contribution in [2.45, 2.75) is 0 Å². The quantitative estimate of drug-likeness (QED) is 0.859. The van der Waals surface area contributed by atoms with Gasteiger partial charge in [-0.25, -0.2) is 14.4 Å². The molecule has 1 aromatic heterocycles. The van der Waals surface area contributed by atoms with Crippen LogP contribution in [0.25, 0.3) is 11.4 Å². The highest BCUT2D eigenvalue weighted by molar-refractivity contribution is 5.98. The van der Waals surface area contributed by atoms with Gasteiger partial charge in [-0.15, -0.1) is 0 Å². The largest absolute Gasteiger partial charge is 0.378 e. The Morgan fingerprint density at radius 2 is 1.88 bits per heavy atom. The molecule has 1 aliphatic rings. The van der Waals surface area contributed by atoms with Crippen molar-refractivity contribution in [2.75, 3.05) is 45.3 Å². The molecule has 0 saturated carbocycles. The first-order valence-electron chi connectivity index (χ1n) is 7.73. The first kappa shape index (κ1) is 16.3. The third kappa shape index (κ3) is 3.35. The van der Waals surface area contributed by atoms with Gasteiger partial charge in [-0.05, 0) is 24.3 Å². The summed E-state index contributed by atoms with van der Waals surface area (Å²) in [6.45, 7) is 2.20. The number of halogens is 1. The van der Waals surface area contributed by atoms with E-state index in [1.807, 2.05) is 14.1 Å². The van der Waals surface area contributed by atoms with Crippen molar-refractivity contribution in [1.29, 1.82) is 0 Å². The van der Waals surface area contributed by atoms with E-state index in [9.17, 15) is 9.18 Å². The number of morpholine rings is 1. The van der Waals surface area contributed by atoms with Crippen LogP contribution >= 0.6 is 0 Å². The van der Waals surface area contributed by atoms with Gasteiger partial charge in [0.15, 0.2) is 5.82 Å². The normalized spacial score (nSPS) is 14.5. The molecule has 0 aliphatic carbocycles. The molecule has 1 fully saturated rings. The number of amides is 1. The van der Waals surface area contributed by atoms with E-state index in [1.54, 1.807) is 28.1 Å². The average molecular weight is 330 g/mol. The zero-order valence-corrected chi connectivity index (χ0v) is 13.7. The van der Waals surface area contributed by atoms with Gasteiger partial charge in [-0.2, -0.15) is 0 Å². The molecule has 0 radical (unpaired) electrons. The molecule has 0 atom stereocenters. The molecule has 7 heteroatoms. The fourth-order valence-corrected chi connectivity index (χ4v) is 2.54. The molecule has 6 nitrogen and oxygen atoms in total. The number of carbonyl (C=O) groups excluding carboxylic acids is 1. The maximum absolute atomic E-state index is 13.1. The first-order chi connectivity index (χ1) is 11.6. The third-order valence-electron chi connectivity index (χ3n) is 3.82. The van der Waals surface area contributed by atoms with Crippen molar-refractivity contribution in [3.05, 3.63) is 41.8 Å². The van der Waals surface area contributed by atoms with E-state index in [2.05, 4.69) is 9.97 Å². The Hall–Kier alpha value is -2.54. The molecule has 2 heterocycles. The summed E-state index contributed by atoms with van der Waals surface area (Å²) in [7, 11) is 3.65. The lowest BCUT2D eigenvalue weighted by atomic mass is 10.2. The second-order valence-electron chi connectivity index (χ2n) is 5.74. The van der Waals surface area contributed by atoms with Crippen molar-refractivity contribution in [3.63, 3.8) is 0 Å². The Kier molecular flexibility index (Phi) is 4.71. The molecule has 2 aromatic rings. The second-order valence-corrected chi connectivity index (χ2v) is 5.74. The highest BCUT2D eigenvalue weighted by Crippen LogP contribution is 2.23. The molecule has 0 spiro atoms. The lowest BCUT2D eigenvalue weighted by molar-refractivity contribution is 0.0303. The molecule has 1 saturated heterocycles. The van der Waals surface area contributed by atoms with Crippen LogP contribution in [0.3, 0.4) is 0 Å². The van der Waals surface area contributed by atoms with Crippen LogP contribution < -0.4 is 4.90 Å². The van der Waals surface area contributed by atoms with Crippen LogP contribution in [0, 0.1) is 5.82 Å². The lowest BCUT2D eigenvalue weighted by Gasteiger charge is -2.28. The minimum atomic E-state index is -0.314. The van der Waals surface area contributed by atoms with E-state index in [4.69, 9.17) is 4.74 Å². The van der Waals surface area contributed by atoms with Crippen LogP contribution in [0.1, 0.15) is 10.4 Å². The molecule has 0 bridgehead atoms. The first-order valence-corrected chi connectivity index (χ1v) is 7.73. The van der Waals surface area contributed by atoms with E-state index in [0.29, 0.717) is 49.1 Å². The van der Waals surface area contributed by atoms with Gasteiger partial charge in [0, 0.05) is 38.9 Å². The van der Waals surface area contributed by atoms with Gasteiger partial charge in [-0.3, -0.25) is 4.79 Å². The maximum atomic E-state index is 13.1. The van der Waals surface area contributed by atoms with Crippen molar-refractivity contribution in [2.24, 2.45) is 0 Å². The Morgan fingerprint density at radius 1 is 1.21 bits per heavy atom. The number of hydrogen-bond acceptors (Lipinski definition) is 5. The molecule has 1 amide bonds.